The Morgan fingerprint density at radius 1 is 1.26 bits per heavy atom. The molecule has 2 atom stereocenters. The van der Waals surface area contributed by atoms with E-state index in [1.54, 1.807) is 24.3 Å². The van der Waals surface area contributed by atoms with Crippen molar-refractivity contribution in [1.82, 2.24) is 5.32 Å². The van der Waals surface area contributed by atoms with Crippen LogP contribution in [0.25, 0.3) is 6.08 Å². The van der Waals surface area contributed by atoms with E-state index in [9.17, 15) is 14.4 Å². The zero-order valence-corrected chi connectivity index (χ0v) is 15.5. The monoisotopic (exact) mass is 377 g/mol. The number of hydrogen-bond acceptors (Lipinski definition) is 7. The molecular formula is C19H23NO7. The Morgan fingerprint density at radius 3 is 2.70 bits per heavy atom. The Bertz CT molecular complexity index is 729. The number of ether oxygens (including phenoxy) is 4. The standard InChI is InChI=1S/C19H23NO7/c1-4-12(2)18(19(23)24-3)20-16(21)10-25-17(22)8-6-13-5-7-14-15(9-13)27-11-26-14/h5-9,12,18H,4,10-11H2,1-3H3,(H,20,21)/b8-6+/t12-,18+/m1/s1. The van der Waals surface area contributed by atoms with Gasteiger partial charge in [-0.15, -0.1) is 0 Å². The summed E-state index contributed by atoms with van der Waals surface area (Å²) in [4.78, 5) is 35.5. The van der Waals surface area contributed by atoms with Gasteiger partial charge >= 0.3 is 11.9 Å². The minimum atomic E-state index is -0.782. The molecular weight excluding hydrogens is 354 g/mol. The second-order valence-electron chi connectivity index (χ2n) is 6.01. The third-order valence-corrected chi connectivity index (χ3v) is 4.14. The van der Waals surface area contributed by atoms with Crippen LogP contribution in [0, 0.1) is 5.92 Å². The van der Waals surface area contributed by atoms with Gasteiger partial charge in [0.25, 0.3) is 5.91 Å². The van der Waals surface area contributed by atoms with Gasteiger partial charge in [0.2, 0.25) is 6.79 Å². The zero-order chi connectivity index (χ0) is 19.8. The Balaban J connectivity index is 1.83. The minimum absolute atomic E-state index is 0.108. The first-order chi connectivity index (χ1) is 12.9. The second kappa shape index (κ2) is 9.61. The van der Waals surface area contributed by atoms with E-state index in [1.807, 2.05) is 13.8 Å². The van der Waals surface area contributed by atoms with E-state index >= 15 is 0 Å². The summed E-state index contributed by atoms with van der Waals surface area (Å²) < 4.78 is 20.1. The molecule has 0 aliphatic carbocycles. The van der Waals surface area contributed by atoms with Crippen LogP contribution >= 0.6 is 0 Å². The van der Waals surface area contributed by atoms with Crippen LogP contribution in [0.4, 0.5) is 0 Å². The quantitative estimate of drug-likeness (QED) is 0.543. The normalized spacial score (nSPS) is 14.5. The van der Waals surface area contributed by atoms with E-state index < -0.39 is 30.5 Å². The molecule has 1 heterocycles. The van der Waals surface area contributed by atoms with Gasteiger partial charge in [-0.2, -0.15) is 0 Å². The number of carbonyl (C=O) groups excluding carboxylic acids is 3. The molecule has 0 spiro atoms. The lowest BCUT2D eigenvalue weighted by molar-refractivity contribution is -0.148. The number of amides is 1. The van der Waals surface area contributed by atoms with E-state index in [0.717, 1.165) is 5.56 Å². The summed E-state index contributed by atoms with van der Waals surface area (Å²) in [7, 11) is 1.25. The van der Waals surface area contributed by atoms with Gasteiger partial charge < -0.3 is 24.3 Å². The summed E-state index contributed by atoms with van der Waals surface area (Å²) in [5, 5.41) is 2.53. The summed E-state index contributed by atoms with van der Waals surface area (Å²) in [5.74, 6) is -0.650. The van der Waals surface area contributed by atoms with E-state index in [0.29, 0.717) is 17.9 Å². The third-order valence-electron chi connectivity index (χ3n) is 4.14. The summed E-state index contributed by atoms with van der Waals surface area (Å²) in [6, 6.07) is 4.45. The molecule has 1 aromatic rings. The van der Waals surface area contributed by atoms with E-state index in [1.165, 1.54) is 13.2 Å². The van der Waals surface area contributed by atoms with Gasteiger partial charge in [0.05, 0.1) is 7.11 Å². The van der Waals surface area contributed by atoms with Crippen molar-refractivity contribution in [2.45, 2.75) is 26.3 Å². The van der Waals surface area contributed by atoms with Crippen molar-refractivity contribution in [3.63, 3.8) is 0 Å². The number of carbonyl (C=O) groups is 3. The van der Waals surface area contributed by atoms with Gasteiger partial charge in [-0.05, 0) is 29.7 Å². The summed E-state index contributed by atoms with van der Waals surface area (Å²) in [5.41, 5.74) is 0.725. The van der Waals surface area contributed by atoms with Gasteiger partial charge in [-0.1, -0.05) is 26.3 Å². The maximum atomic E-state index is 12.0. The molecule has 1 amide bonds. The lowest BCUT2D eigenvalue weighted by Crippen LogP contribution is -2.47. The maximum Gasteiger partial charge on any atom is 0.331 e. The van der Waals surface area contributed by atoms with Crippen LogP contribution in [0.3, 0.4) is 0 Å². The molecule has 0 aromatic heterocycles. The topological polar surface area (TPSA) is 100 Å². The molecule has 0 unspecified atom stereocenters. The molecule has 2 rings (SSSR count). The molecule has 0 radical (unpaired) electrons. The van der Waals surface area contributed by atoms with Crippen molar-refractivity contribution in [2.75, 3.05) is 20.5 Å². The number of fused-ring (bicyclic) bond motifs is 1. The summed E-state index contributed by atoms with van der Waals surface area (Å²) in [6.07, 6.45) is 3.42. The number of benzene rings is 1. The molecule has 146 valence electrons. The number of nitrogens with one attached hydrogen (secondary N) is 1. The van der Waals surface area contributed by atoms with Crippen molar-refractivity contribution in [3.8, 4) is 11.5 Å². The summed E-state index contributed by atoms with van der Waals surface area (Å²) in [6.45, 7) is 3.40. The van der Waals surface area contributed by atoms with Gasteiger partial charge in [-0.3, -0.25) is 4.79 Å². The lowest BCUT2D eigenvalue weighted by atomic mass is 9.99. The van der Waals surface area contributed by atoms with Crippen LogP contribution in [-0.2, 0) is 23.9 Å². The average molecular weight is 377 g/mol. The molecule has 1 N–H and O–H groups in total. The first-order valence-corrected chi connectivity index (χ1v) is 8.56. The van der Waals surface area contributed by atoms with Gasteiger partial charge in [0.1, 0.15) is 6.04 Å². The molecule has 0 saturated heterocycles. The zero-order valence-electron chi connectivity index (χ0n) is 15.5. The highest BCUT2D eigenvalue weighted by Crippen LogP contribution is 2.32. The maximum absolute atomic E-state index is 12.0. The number of hydrogen-bond donors (Lipinski definition) is 1. The van der Waals surface area contributed by atoms with Crippen molar-refractivity contribution in [3.05, 3.63) is 29.8 Å². The number of rotatable bonds is 8. The first-order valence-electron chi connectivity index (χ1n) is 8.56. The Labute approximate surface area is 157 Å². The Hall–Kier alpha value is -3.03. The SMILES string of the molecule is CC[C@@H](C)[C@H](NC(=O)COC(=O)/C=C/c1ccc2c(c1)OCO2)C(=O)OC. The van der Waals surface area contributed by atoms with Crippen molar-refractivity contribution < 1.29 is 33.3 Å². The van der Waals surface area contributed by atoms with Crippen LogP contribution < -0.4 is 14.8 Å². The number of methoxy groups -OCH3 is 1. The van der Waals surface area contributed by atoms with E-state index in [2.05, 4.69) is 10.1 Å². The molecule has 0 bridgehead atoms. The van der Waals surface area contributed by atoms with Crippen LogP contribution in [0.2, 0.25) is 0 Å². The second-order valence-corrected chi connectivity index (χ2v) is 6.01. The third kappa shape index (κ3) is 5.73. The highest BCUT2D eigenvalue weighted by molar-refractivity contribution is 5.90. The fourth-order valence-corrected chi connectivity index (χ4v) is 2.38. The Kier molecular flexibility index (Phi) is 7.22. The molecule has 1 aliphatic rings. The van der Waals surface area contributed by atoms with E-state index in [4.69, 9.17) is 14.2 Å². The predicted octanol–water partition coefficient (Wildman–Crippen LogP) is 1.68. The minimum Gasteiger partial charge on any atom is -0.467 e. The first kappa shape index (κ1) is 20.3. The highest BCUT2D eigenvalue weighted by atomic mass is 16.7. The van der Waals surface area contributed by atoms with Gasteiger partial charge in [0.15, 0.2) is 18.1 Å². The van der Waals surface area contributed by atoms with Gasteiger partial charge in [0, 0.05) is 6.08 Å². The molecule has 1 aromatic carbocycles. The predicted molar refractivity (Wildman–Crippen MR) is 96.0 cm³/mol. The summed E-state index contributed by atoms with van der Waals surface area (Å²) >= 11 is 0. The smallest absolute Gasteiger partial charge is 0.331 e. The van der Waals surface area contributed by atoms with Crippen molar-refractivity contribution in [1.29, 1.82) is 0 Å². The van der Waals surface area contributed by atoms with Crippen LogP contribution in [0.1, 0.15) is 25.8 Å². The number of esters is 2. The molecule has 8 heteroatoms. The lowest BCUT2D eigenvalue weighted by Gasteiger charge is -2.21. The van der Waals surface area contributed by atoms with Crippen molar-refractivity contribution >= 4 is 23.9 Å². The van der Waals surface area contributed by atoms with Crippen molar-refractivity contribution in [2.24, 2.45) is 5.92 Å². The fourth-order valence-electron chi connectivity index (χ4n) is 2.38. The molecule has 8 nitrogen and oxygen atoms in total. The fraction of sp³-hybridized carbons (Fsp3) is 0.421. The van der Waals surface area contributed by atoms with Crippen LogP contribution in [-0.4, -0.2) is 44.4 Å². The average Bonchev–Trinajstić information content (AvgIpc) is 3.15. The Morgan fingerprint density at radius 2 is 2.00 bits per heavy atom. The van der Waals surface area contributed by atoms with Gasteiger partial charge in [-0.25, -0.2) is 9.59 Å². The highest BCUT2D eigenvalue weighted by Gasteiger charge is 2.26. The van der Waals surface area contributed by atoms with Crippen LogP contribution in [0.5, 0.6) is 11.5 Å². The molecule has 27 heavy (non-hydrogen) atoms. The largest absolute Gasteiger partial charge is 0.467 e. The molecule has 0 fully saturated rings. The van der Waals surface area contributed by atoms with E-state index in [-0.39, 0.29) is 12.7 Å². The molecule has 0 saturated carbocycles. The van der Waals surface area contributed by atoms with Crippen LogP contribution in [0.15, 0.2) is 24.3 Å². The molecule has 1 aliphatic heterocycles.